The van der Waals surface area contributed by atoms with E-state index in [-0.39, 0.29) is 0 Å². The number of anilines is 1. The Morgan fingerprint density at radius 2 is 1.82 bits per heavy atom. The van der Waals surface area contributed by atoms with Crippen LogP contribution >= 0.6 is 0 Å². The third kappa shape index (κ3) is 5.68. The molecule has 96 valence electrons. The number of pyridine rings is 1. The van der Waals surface area contributed by atoms with Crippen molar-refractivity contribution in [2.24, 2.45) is 0 Å². The van der Waals surface area contributed by atoms with E-state index in [1.807, 2.05) is 12.1 Å². The van der Waals surface area contributed by atoms with E-state index in [2.05, 4.69) is 23.7 Å². The number of aromatic nitrogens is 1. The highest BCUT2D eigenvalue weighted by atomic mass is 15.1. The summed E-state index contributed by atoms with van der Waals surface area (Å²) < 4.78 is 0. The van der Waals surface area contributed by atoms with Gasteiger partial charge in [-0.25, -0.2) is 0 Å². The van der Waals surface area contributed by atoms with Gasteiger partial charge >= 0.3 is 0 Å². The van der Waals surface area contributed by atoms with Gasteiger partial charge in [0.2, 0.25) is 0 Å². The van der Waals surface area contributed by atoms with Gasteiger partial charge in [-0.1, -0.05) is 26.7 Å². The number of hydrogen-bond acceptors (Lipinski definition) is 3. The lowest BCUT2D eigenvalue weighted by Gasteiger charge is -2.21. The van der Waals surface area contributed by atoms with Gasteiger partial charge in [0.1, 0.15) is 0 Å². The molecular formula is C14H25N3. The molecule has 1 rings (SSSR count). The quantitative estimate of drug-likeness (QED) is 0.753. The lowest BCUT2D eigenvalue weighted by Crippen LogP contribution is -2.26. The highest BCUT2D eigenvalue weighted by Crippen LogP contribution is 2.08. The van der Waals surface area contributed by atoms with E-state index in [0.717, 1.165) is 31.0 Å². The molecule has 0 saturated carbocycles. The molecule has 0 atom stereocenters. The van der Waals surface area contributed by atoms with Gasteiger partial charge in [-0.2, -0.15) is 0 Å². The Bertz CT molecular complexity index is 304. The van der Waals surface area contributed by atoms with Crippen LogP contribution in [0.4, 0.5) is 5.69 Å². The molecule has 3 nitrogen and oxygen atoms in total. The average molecular weight is 235 g/mol. The third-order valence-electron chi connectivity index (χ3n) is 2.88. The molecule has 2 N–H and O–H groups in total. The zero-order chi connectivity index (χ0) is 12.5. The molecule has 17 heavy (non-hydrogen) atoms. The largest absolute Gasteiger partial charge is 0.399 e. The maximum Gasteiger partial charge on any atom is 0.0564 e. The molecule has 0 radical (unpaired) electrons. The zero-order valence-electron chi connectivity index (χ0n) is 11.2. The molecule has 1 heterocycles. The lowest BCUT2D eigenvalue weighted by atomic mass is 10.2. The standard InChI is InChI=1S/C14H25N3/c1-3-5-9-17(10-6-4-2)12-14-11-13(15)7-8-16-14/h7-8,11H,3-6,9-10,12H2,1-2H3,(H2,15,16). The fourth-order valence-corrected chi connectivity index (χ4v) is 1.85. The van der Waals surface area contributed by atoms with Crippen LogP contribution in [0, 0.1) is 0 Å². The van der Waals surface area contributed by atoms with Gasteiger partial charge < -0.3 is 5.73 Å². The van der Waals surface area contributed by atoms with Crippen molar-refractivity contribution in [1.82, 2.24) is 9.88 Å². The van der Waals surface area contributed by atoms with Gasteiger partial charge in [-0.15, -0.1) is 0 Å². The first-order valence-electron chi connectivity index (χ1n) is 6.69. The molecule has 0 aliphatic rings. The summed E-state index contributed by atoms with van der Waals surface area (Å²) >= 11 is 0. The van der Waals surface area contributed by atoms with Crippen LogP contribution in [0.1, 0.15) is 45.2 Å². The summed E-state index contributed by atoms with van der Waals surface area (Å²) in [5, 5.41) is 0. The van der Waals surface area contributed by atoms with Crippen LogP contribution in [0.2, 0.25) is 0 Å². The first-order valence-corrected chi connectivity index (χ1v) is 6.69. The average Bonchev–Trinajstić information content (AvgIpc) is 2.32. The predicted octanol–water partition coefficient (Wildman–Crippen LogP) is 3.07. The van der Waals surface area contributed by atoms with Gasteiger partial charge in [0.15, 0.2) is 0 Å². The number of nitrogen functional groups attached to an aromatic ring is 1. The van der Waals surface area contributed by atoms with E-state index in [1.165, 1.54) is 25.7 Å². The van der Waals surface area contributed by atoms with Crippen LogP contribution in [-0.4, -0.2) is 23.0 Å². The molecular weight excluding hydrogens is 210 g/mol. The Hall–Kier alpha value is -1.09. The molecule has 0 bridgehead atoms. The number of rotatable bonds is 8. The second kappa shape index (κ2) is 8.07. The summed E-state index contributed by atoms with van der Waals surface area (Å²) in [4.78, 5) is 6.85. The molecule has 0 amide bonds. The summed E-state index contributed by atoms with van der Waals surface area (Å²) in [6.07, 6.45) is 6.79. The van der Waals surface area contributed by atoms with Gasteiger partial charge in [0, 0.05) is 18.4 Å². The van der Waals surface area contributed by atoms with E-state index < -0.39 is 0 Å². The monoisotopic (exact) mass is 235 g/mol. The topological polar surface area (TPSA) is 42.1 Å². The first kappa shape index (κ1) is 14.0. The van der Waals surface area contributed by atoms with Crippen molar-refractivity contribution in [3.8, 4) is 0 Å². The fraction of sp³-hybridized carbons (Fsp3) is 0.643. The van der Waals surface area contributed by atoms with Gasteiger partial charge in [0.25, 0.3) is 0 Å². The Kier molecular flexibility index (Phi) is 6.63. The molecule has 0 aliphatic carbocycles. The van der Waals surface area contributed by atoms with Crippen molar-refractivity contribution in [1.29, 1.82) is 0 Å². The number of nitrogens with two attached hydrogens (primary N) is 1. The smallest absolute Gasteiger partial charge is 0.0564 e. The Morgan fingerprint density at radius 3 is 2.35 bits per heavy atom. The normalized spacial score (nSPS) is 11.0. The maximum absolute atomic E-state index is 5.78. The van der Waals surface area contributed by atoms with E-state index in [1.54, 1.807) is 6.20 Å². The van der Waals surface area contributed by atoms with E-state index in [4.69, 9.17) is 5.73 Å². The first-order chi connectivity index (χ1) is 8.26. The van der Waals surface area contributed by atoms with Crippen LogP contribution in [0.25, 0.3) is 0 Å². The number of nitrogens with zero attached hydrogens (tertiary/aromatic N) is 2. The van der Waals surface area contributed by atoms with Crippen molar-refractivity contribution >= 4 is 5.69 Å². The number of unbranched alkanes of at least 4 members (excludes halogenated alkanes) is 2. The maximum atomic E-state index is 5.78. The molecule has 1 aromatic rings. The van der Waals surface area contributed by atoms with Crippen molar-refractivity contribution in [3.05, 3.63) is 24.0 Å². The van der Waals surface area contributed by atoms with Gasteiger partial charge in [-0.05, 0) is 38.1 Å². The van der Waals surface area contributed by atoms with Crippen LogP contribution in [0.5, 0.6) is 0 Å². The Morgan fingerprint density at radius 1 is 1.18 bits per heavy atom. The Labute approximate surface area is 105 Å². The van der Waals surface area contributed by atoms with E-state index >= 15 is 0 Å². The second-order valence-electron chi connectivity index (χ2n) is 4.56. The van der Waals surface area contributed by atoms with Crippen molar-refractivity contribution < 1.29 is 0 Å². The van der Waals surface area contributed by atoms with Crippen molar-refractivity contribution in [2.45, 2.75) is 46.1 Å². The van der Waals surface area contributed by atoms with Gasteiger partial charge in [-0.3, -0.25) is 9.88 Å². The zero-order valence-corrected chi connectivity index (χ0v) is 11.2. The molecule has 1 aromatic heterocycles. The van der Waals surface area contributed by atoms with Crippen LogP contribution in [0.15, 0.2) is 18.3 Å². The van der Waals surface area contributed by atoms with Crippen molar-refractivity contribution in [2.75, 3.05) is 18.8 Å². The predicted molar refractivity (Wildman–Crippen MR) is 73.7 cm³/mol. The minimum Gasteiger partial charge on any atom is -0.399 e. The molecule has 0 unspecified atom stereocenters. The minimum absolute atomic E-state index is 0.806. The number of hydrogen-bond donors (Lipinski definition) is 1. The van der Waals surface area contributed by atoms with Crippen molar-refractivity contribution in [3.63, 3.8) is 0 Å². The molecule has 3 heteroatoms. The fourth-order valence-electron chi connectivity index (χ4n) is 1.85. The molecule has 0 fully saturated rings. The summed E-state index contributed by atoms with van der Waals surface area (Å²) in [7, 11) is 0. The van der Waals surface area contributed by atoms with Crippen LogP contribution in [-0.2, 0) is 6.54 Å². The van der Waals surface area contributed by atoms with Crippen LogP contribution in [0.3, 0.4) is 0 Å². The third-order valence-corrected chi connectivity index (χ3v) is 2.88. The summed E-state index contributed by atoms with van der Waals surface area (Å²) in [5.41, 5.74) is 7.66. The highest BCUT2D eigenvalue weighted by molar-refractivity contribution is 5.37. The highest BCUT2D eigenvalue weighted by Gasteiger charge is 2.06. The summed E-state index contributed by atoms with van der Waals surface area (Å²) in [5.74, 6) is 0. The second-order valence-corrected chi connectivity index (χ2v) is 4.56. The van der Waals surface area contributed by atoms with Crippen LogP contribution < -0.4 is 5.73 Å². The summed E-state index contributed by atoms with van der Waals surface area (Å²) in [6.45, 7) is 7.71. The lowest BCUT2D eigenvalue weighted by molar-refractivity contribution is 0.254. The summed E-state index contributed by atoms with van der Waals surface area (Å²) in [6, 6.07) is 3.82. The minimum atomic E-state index is 0.806. The SMILES string of the molecule is CCCCN(CCCC)Cc1cc(N)ccn1. The molecule has 0 aliphatic heterocycles. The Balaban J connectivity index is 2.51. The van der Waals surface area contributed by atoms with E-state index in [0.29, 0.717) is 0 Å². The molecule has 0 saturated heterocycles. The van der Waals surface area contributed by atoms with Gasteiger partial charge in [0.05, 0.1) is 5.69 Å². The molecule has 0 spiro atoms. The van der Waals surface area contributed by atoms with E-state index in [9.17, 15) is 0 Å². The molecule has 0 aromatic carbocycles.